The molecule has 1 N–H and O–H groups in total. The Balaban J connectivity index is 2.33. The number of nitrogens with one attached hydrogen (secondary N) is 1. The number of hydrogen-bond donors (Lipinski definition) is 1. The average Bonchev–Trinajstić information content (AvgIpc) is 2.94. The van der Waals surface area contributed by atoms with Crippen LogP contribution in [0.5, 0.6) is 0 Å². The molecular formula is C12H18N4S. The lowest BCUT2D eigenvalue weighted by Gasteiger charge is -2.06. The van der Waals surface area contributed by atoms with E-state index in [1.54, 1.807) is 11.3 Å². The third-order valence-electron chi connectivity index (χ3n) is 2.86. The second-order valence-electron chi connectivity index (χ2n) is 4.06. The van der Waals surface area contributed by atoms with Crippen molar-refractivity contribution >= 4 is 11.3 Å². The van der Waals surface area contributed by atoms with Crippen LogP contribution in [-0.4, -0.2) is 21.8 Å². The van der Waals surface area contributed by atoms with E-state index in [1.165, 1.54) is 4.88 Å². The van der Waals surface area contributed by atoms with Crippen molar-refractivity contribution in [1.82, 2.24) is 20.1 Å². The van der Waals surface area contributed by atoms with Crippen molar-refractivity contribution in [3.05, 3.63) is 23.0 Å². The summed E-state index contributed by atoms with van der Waals surface area (Å²) in [6, 6.07) is 0.350. The van der Waals surface area contributed by atoms with Crippen LogP contribution in [0.2, 0.25) is 0 Å². The van der Waals surface area contributed by atoms with Crippen LogP contribution in [0.4, 0.5) is 0 Å². The number of aromatic nitrogens is 3. The predicted molar refractivity (Wildman–Crippen MR) is 71.2 cm³/mol. The molecule has 0 aliphatic carbocycles. The van der Waals surface area contributed by atoms with Gasteiger partial charge < -0.3 is 5.32 Å². The number of hydrogen-bond acceptors (Lipinski definition) is 4. The van der Waals surface area contributed by atoms with Gasteiger partial charge in [0.2, 0.25) is 0 Å². The second-order valence-corrected chi connectivity index (χ2v) is 5.09. The number of rotatable bonds is 4. The fourth-order valence-corrected chi connectivity index (χ4v) is 2.81. The third kappa shape index (κ3) is 2.40. The summed E-state index contributed by atoms with van der Waals surface area (Å²) in [7, 11) is 1.97. The lowest BCUT2D eigenvalue weighted by atomic mass is 10.2. The Kier molecular flexibility index (Phi) is 3.59. The van der Waals surface area contributed by atoms with Gasteiger partial charge in [-0.3, -0.25) is 4.68 Å². The van der Waals surface area contributed by atoms with Crippen LogP contribution in [0.15, 0.2) is 12.4 Å². The zero-order chi connectivity index (χ0) is 12.4. The van der Waals surface area contributed by atoms with Crippen LogP contribution < -0.4 is 5.32 Å². The molecular weight excluding hydrogens is 232 g/mol. The average molecular weight is 250 g/mol. The first-order valence-electron chi connectivity index (χ1n) is 5.83. The summed E-state index contributed by atoms with van der Waals surface area (Å²) in [4.78, 5) is 5.92. The maximum atomic E-state index is 4.62. The van der Waals surface area contributed by atoms with Gasteiger partial charge in [0.25, 0.3) is 0 Å². The lowest BCUT2D eigenvalue weighted by Crippen LogP contribution is -2.11. The maximum absolute atomic E-state index is 4.62. The molecule has 0 saturated heterocycles. The number of thiazole rings is 1. The van der Waals surface area contributed by atoms with E-state index in [0.717, 1.165) is 22.8 Å². The van der Waals surface area contributed by atoms with Crippen molar-refractivity contribution in [1.29, 1.82) is 0 Å². The van der Waals surface area contributed by atoms with Gasteiger partial charge in [0.1, 0.15) is 5.01 Å². The van der Waals surface area contributed by atoms with Crippen LogP contribution in [-0.2, 0) is 6.54 Å². The Morgan fingerprint density at radius 2 is 2.29 bits per heavy atom. The Morgan fingerprint density at radius 3 is 2.88 bits per heavy atom. The predicted octanol–water partition coefficient (Wildman–Crippen LogP) is 2.62. The van der Waals surface area contributed by atoms with Gasteiger partial charge in [-0.1, -0.05) is 0 Å². The lowest BCUT2D eigenvalue weighted by molar-refractivity contribution is 0.658. The minimum absolute atomic E-state index is 0.350. The highest BCUT2D eigenvalue weighted by molar-refractivity contribution is 7.15. The molecule has 0 spiro atoms. The standard InChI is InChI=1S/C12H18N4S/c1-5-16-7-10(6-14-16)12-15-9(3)11(17-12)8(2)13-4/h6-8,13H,5H2,1-4H3. The van der Waals surface area contributed by atoms with Crippen molar-refractivity contribution in [2.45, 2.75) is 33.4 Å². The highest BCUT2D eigenvalue weighted by atomic mass is 32.1. The van der Waals surface area contributed by atoms with Gasteiger partial charge in [-0.2, -0.15) is 5.10 Å². The molecule has 17 heavy (non-hydrogen) atoms. The Hall–Kier alpha value is -1.20. The summed E-state index contributed by atoms with van der Waals surface area (Å²) in [5, 5.41) is 8.59. The molecule has 0 fully saturated rings. The molecule has 0 aromatic carbocycles. The van der Waals surface area contributed by atoms with Crippen LogP contribution in [0.25, 0.3) is 10.6 Å². The normalized spacial score (nSPS) is 12.9. The molecule has 0 aliphatic rings. The SMILES string of the molecule is CCn1cc(-c2nc(C)c(C(C)NC)s2)cn1. The van der Waals surface area contributed by atoms with E-state index in [1.807, 2.05) is 24.1 Å². The molecule has 0 amide bonds. The van der Waals surface area contributed by atoms with Crippen molar-refractivity contribution in [3.63, 3.8) is 0 Å². The quantitative estimate of drug-likeness (QED) is 0.907. The van der Waals surface area contributed by atoms with Crippen molar-refractivity contribution in [2.75, 3.05) is 7.05 Å². The zero-order valence-corrected chi connectivity index (χ0v) is 11.5. The fourth-order valence-electron chi connectivity index (χ4n) is 1.71. The van der Waals surface area contributed by atoms with Crippen LogP contribution >= 0.6 is 11.3 Å². The summed E-state index contributed by atoms with van der Waals surface area (Å²) in [5.74, 6) is 0. The minimum Gasteiger partial charge on any atom is -0.312 e. The topological polar surface area (TPSA) is 42.7 Å². The summed E-state index contributed by atoms with van der Waals surface area (Å²) < 4.78 is 1.92. The molecule has 5 heteroatoms. The van der Waals surface area contributed by atoms with Crippen LogP contribution in [0.3, 0.4) is 0 Å². The minimum atomic E-state index is 0.350. The highest BCUT2D eigenvalue weighted by Gasteiger charge is 2.14. The van der Waals surface area contributed by atoms with Crippen molar-refractivity contribution in [3.8, 4) is 10.6 Å². The van der Waals surface area contributed by atoms with Gasteiger partial charge in [0.05, 0.1) is 11.9 Å². The van der Waals surface area contributed by atoms with E-state index in [0.29, 0.717) is 6.04 Å². The summed E-state index contributed by atoms with van der Waals surface area (Å²) in [6.45, 7) is 7.19. The molecule has 2 aromatic heterocycles. The maximum Gasteiger partial charge on any atom is 0.127 e. The Labute approximate surface area is 106 Å². The van der Waals surface area contributed by atoms with E-state index < -0.39 is 0 Å². The third-order valence-corrected chi connectivity index (χ3v) is 4.25. The smallest absolute Gasteiger partial charge is 0.127 e. The summed E-state index contributed by atoms with van der Waals surface area (Å²) >= 11 is 1.74. The van der Waals surface area contributed by atoms with Crippen LogP contribution in [0.1, 0.15) is 30.5 Å². The first kappa shape index (κ1) is 12.3. The van der Waals surface area contributed by atoms with E-state index >= 15 is 0 Å². The molecule has 1 unspecified atom stereocenters. The van der Waals surface area contributed by atoms with E-state index in [4.69, 9.17) is 0 Å². The summed E-state index contributed by atoms with van der Waals surface area (Å²) in [6.07, 6.45) is 3.93. The van der Waals surface area contributed by atoms with Gasteiger partial charge in [-0.25, -0.2) is 4.98 Å². The Bertz CT molecular complexity index is 500. The fraction of sp³-hybridized carbons (Fsp3) is 0.500. The molecule has 92 valence electrons. The van der Waals surface area contributed by atoms with E-state index in [2.05, 4.69) is 36.2 Å². The largest absolute Gasteiger partial charge is 0.312 e. The first-order valence-corrected chi connectivity index (χ1v) is 6.64. The monoisotopic (exact) mass is 250 g/mol. The summed E-state index contributed by atoms with van der Waals surface area (Å²) in [5.41, 5.74) is 2.21. The van der Waals surface area contributed by atoms with Crippen LogP contribution in [0, 0.1) is 6.92 Å². The highest BCUT2D eigenvalue weighted by Crippen LogP contribution is 2.31. The molecule has 4 nitrogen and oxygen atoms in total. The number of nitrogens with zero attached hydrogens (tertiary/aromatic N) is 3. The molecule has 2 heterocycles. The van der Waals surface area contributed by atoms with Crippen molar-refractivity contribution in [2.24, 2.45) is 0 Å². The molecule has 0 bridgehead atoms. The molecule has 2 rings (SSSR count). The van der Waals surface area contributed by atoms with Gasteiger partial charge in [-0.15, -0.1) is 11.3 Å². The van der Waals surface area contributed by atoms with Gasteiger partial charge in [-0.05, 0) is 27.8 Å². The second kappa shape index (κ2) is 4.98. The van der Waals surface area contributed by atoms with Gasteiger partial charge >= 0.3 is 0 Å². The van der Waals surface area contributed by atoms with E-state index in [9.17, 15) is 0 Å². The van der Waals surface area contributed by atoms with Gasteiger partial charge in [0.15, 0.2) is 0 Å². The Morgan fingerprint density at radius 1 is 1.53 bits per heavy atom. The molecule has 0 radical (unpaired) electrons. The number of aryl methyl sites for hydroxylation is 2. The molecule has 2 aromatic rings. The molecule has 0 saturated carbocycles. The van der Waals surface area contributed by atoms with Crippen molar-refractivity contribution < 1.29 is 0 Å². The molecule has 0 aliphatic heterocycles. The molecule has 1 atom stereocenters. The van der Waals surface area contributed by atoms with E-state index in [-0.39, 0.29) is 0 Å². The first-order chi connectivity index (χ1) is 8.15. The van der Waals surface area contributed by atoms with Gasteiger partial charge in [0, 0.05) is 29.2 Å². The zero-order valence-electron chi connectivity index (χ0n) is 10.7.